The van der Waals surface area contributed by atoms with Crippen molar-refractivity contribution in [3.8, 4) is 17.2 Å². The van der Waals surface area contributed by atoms with Crippen LogP contribution in [0, 0.1) is 0 Å². The predicted octanol–water partition coefficient (Wildman–Crippen LogP) is 5.26. The Balaban J connectivity index is 1.73. The van der Waals surface area contributed by atoms with Gasteiger partial charge in [0.25, 0.3) is 0 Å². The van der Waals surface area contributed by atoms with Gasteiger partial charge in [0.2, 0.25) is 0 Å². The van der Waals surface area contributed by atoms with Crippen LogP contribution in [0.2, 0.25) is 0 Å². The second-order valence-electron chi connectivity index (χ2n) is 6.38. The van der Waals surface area contributed by atoms with E-state index in [1.54, 1.807) is 36.4 Å². The van der Waals surface area contributed by atoms with Crippen LogP contribution in [0.15, 0.2) is 54.6 Å². The first kappa shape index (κ1) is 16.6. The van der Waals surface area contributed by atoms with Crippen LogP contribution in [0.5, 0.6) is 17.2 Å². The maximum atomic E-state index is 14.8. The van der Waals surface area contributed by atoms with Crippen molar-refractivity contribution >= 4 is 10.8 Å². The summed E-state index contributed by atoms with van der Waals surface area (Å²) in [7, 11) is 0. The van der Waals surface area contributed by atoms with Crippen molar-refractivity contribution < 1.29 is 23.4 Å². The number of phenolic OH excluding ortho intramolecular Hbond substituents is 1. The molecule has 134 valence electrons. The number of halogens is 2. The maximum Gasteiger partial charge on any atom is 0.405 e. The number of aromatic hydroxyl groups is 1. The molecule has 1 atom stereocenters. The first-order valence-electron chi connectivity index (χ1n) is 8.52. The molecule has 26 heavy (non-hydrogen) atoms. The van der Waals surface area contributed by atoms with E-state index in [2.05, 4.69) is 0 Å². The third-order valence-electron chi connectivity index (χ3n) is 4.70. The zero-order chi connectivity index (χ0) is 18.3. The van der Waals surface area contributed by atoms with Gasteiger partial charge >= 0.3 is 6.11 Å². The fourth-order valence-electron chi connectivity index (χ4n) is 3.44. The SMILES string of the molecule is CCOc1ccc(C2Cc3ccc4cc(O)ccc4c3OC2(F)F)cc1. The minimum Gasteiger partial charge on any atom is -0.508 e. The number of rotatable bonds is 3. The molecule has 0 amide bonds. The van der Waals surface area contributed by atoms with E-state index in [0.717, 1.165) is 5.56 Å². The summed E-state index contributed by atoms with van der Waals surface area (Å²) in [5.74, 6) is -0.135. The largest absolute Gasteiger partial charge is 0.508 e. The van der Waals surface area contributed by atoms with E-state index in [4.69, 9.17) is 9.47 Å². The predicted molar refractivity (Wildman–Crippen MR) is 95.2 cm³/mol. The Hall–Kier alpha value is -2.82. The van der Waals surface area contributed by atoms with Crippen molar-refractivity contribution in [2.24, 2.45) is 0 Å². The molecule has 0 fully saturated rings. The molecule has 1 heterocycles. The topological polar surface area (TPSA) is 38.7 Å². The molecule has 4 rings (SSSR count). The molecule has 3 aromatic rings. The molecule has 3 nitrogen and oxygen atoms in total. The Labute approximate surface area is 149 Å². The summed E-state index contributed by atoms with van der Waals surface area (Å²) in [5.41, 5.74) is 1.24. The van der Waals surface area contributed by atoms with E-state index >= 15 is 0 Å². The fourth-order valence-corrected chi connectivity index (χ4v) is 3.44. The average molecular weight is 356 g/mol. The fraction of sp³-hybridized carbons (Fsp3) is 0.238. The molecule has 1 aliphatic heterocycles. The lowest BCUT2D eigenvalue weighted by atomic mass is 9.87. The highest BCUT2D eigenvalue weighted by Gasteiger charge is 2.47. The van der Waals surface area contributed by atoms with E-state index in [-0.39, 0.29) is 17.9 Å². The number of phenols is 1. The number of ether oxygens (including phenoxy) is 2. The Morgan fingerprint density at radius 2 is 1.88 bits per heavy atom. The molecule has 0 aromatic heterocycles. The normalized spacial score (nSPS) is 18.2. The van der Waals surface area contributed by atoms with Crippen LogP contribution in [-0.4, -0.2) is 17.8 Å². The molecular weight excluding hydrogens is 338 g/mol. The van der Waals surface area contributed by atoms with Gasteiger partial charge in [-0.25, -0.2) is 0 Å². The molecule has 0 bridgehead atoms. The zero-order valence-electron chi connectivity index (χ0n) is 14.2. The van der Waals surface area contributed by atoms with Gasteiger partial charge in [-0.05, 0) is 60.2 Å². The molecule has 3 aromatic carbocycles. The minimum absolute atomic E-state index is 0.0901. The first-order chi connectivity index (χ1) is 12.5. The molecule has 1 unspecified atom stereocenters. The summed E-state index contributed by atoms with van der Waals surface area (Å²) in [6.07, 6.45) is -3.15. The summed E-state index contributed by atoms with van der Waals surface area (Å²) in [6, 6.07) is 15.0. The van der Waals surface area contributed by atoms with E-state index in [1.807, 2.05) is 13.0 Å². The molecular formula is C21H18F2O3. The van der Waals surface area contributed by atoms with E-state index in [1.165, 1.54) is 12.1 Å². The van der Waals surface area contributed by atoms with E-state index in [9.17, 15) is 13.9 Å². The van der Waals surface area contributed by atoms with Gasteiger partial charge in [0.1, 0.15) is 17.2 Å². The van der Waals surface area contributed by atoms with Crippen molar-refractivity contribution in [3.63, 3.8) is 0 Å². The van der Waals surface area contributed by atoms with Gasteiger partial charge in [-0.3, -0.25) is 0 Å². The molecule has 0 saturated heterocycles. The van der Waals surface area contributed by atoms with Crippen LogP contribution in [0.4, 0.5) is 8.78 Å². The lowest BCUT2D eigenvalue weighted by molar-refractivity contribution is -0.200. The van der Waals surface area contributed by atoms with Crippen LogP contribution >= 0.6 is 0 Å². The standard InChI is InChI=1S/C21H18F2O3/c1-2-25-17-8-5-13(6-9-17)19-12-15-4-3-14-11-16(24)7-10-18(14)20(15)26-21(19,22)23/h3-11,19,24H,2,12H2,1H3. The minimum atomic E-state index is -3.33. The lowest BCUT2D eigenvalue weighted by Crippen LogP contribution is -2.38. The summed E-state index contributed by atoms with van der Waals surface area (Å²) < 4.78 is 40.1. The summed E-state index contributed by atoms with van der Waals surface area (Å²) in [4.78, 5) is 0. The van der Waals surface area contributed by atoms with Crippen molar-refractivity contribution in [3.05, 3.63) is 65.7 Å². The van der Waals surface area contributed by atoms with Gasteiger partial charge in [-0.1, -0.05) is 24.3 Å². The van der Waals surface area contributed by atoms with Crippen LogP contribution in [0.1, 0.15) is 24.0 Å². The molecule has 0 aliphatic carbocycles. The highest BCUT2D eigenvalue weighted by atomic mass is 19.3. The van der Waals surface area contributed by atoms with Gasteiger partial charge in [-0.15, -0.1) is 0 Å². The van der Waals surface area contributed by atoms with E-state index in [0.29, 0.717) is 28.7 Å². The lowest BCUT2D eigenvalue weighted by Gasteiger charge is -2.34. The highest BCUT2D eigenvalue weighted by molar-refractivity contribution is 5.91. The Kier molecular flexibility index (Phi) is 3.94. The van der Waals surface area contributed by atoms with Crippen LogP contribution in [0.3, 0.4) is 0 Å². The number of alkyl halides is 2. The molecule has 5 heteroatoms. The van der Waals surface area contributed by atoms with Crippen molar-refractivity contribution in [2.45, 2.75) is 25.4 Å². The molecule has 1 aliphatic rings. The van der Waals surface area contributed by atoms with Crippen molar-refractivity contribution in [2.75, 3.05) is 6.61 Å². The Morgan fingerprint density at radius 3 is 2.62 bits per heavy atom. The summed E-state index contributed by atoms with van der Waals surface area (Å²) >= 11 is 0. The number of hydrogen-bond acceptors (Lipinski definition) is 3. The third kappa shape index (κ3) is 2.83. The van der Waals surface area contributed by atoms with Crippen LogP contribution < -0.4 is 9.47 Å². The molecule has 1 N–H and O–H groups in total. The van der Waals surface area contributed by atoms with Gasteiger partial charge < -0.3 is 14.6 Å². The highest BCUT2D eigenvalue weighted by Crippen LogP contribution is 2.47. The quantitative estimate of drug-likeness (QED) is 0.696. The Bertz CT molecular complexity index is 951. The smallest absolute Gasteiger partial charge is 0.405 e. The Morgan fingerprint density at radius 1 is 1.12 bits per heavy atom. The second kappa shape index (κ2) is 6.16. The number of hydrogen-bond donors (Lipinski definition) is 1. The zero-order valence-corrected chi connectivity index (χ0v) is 14.2. The van der Waals surface area contributed by atoms with E-state index < -0.39 is 12.0 Å². The number of benzene rings is 3. The third-order valence-corrected chi connectivity index (χ3v) is 4.70. The average Bonchev–Trinajstić information content (AvgIpc) is 2.61. The first-order valence-corrected chi connectivity index (χ1v) is 8.52. The molecule has 0 spiro atoms. The van der Waals surface area contributed by atoms with Gasteiger partial charge in [0, 0.05) is 5.39 Å². The maximum absolute atomic E-state index is 14.8. The van der Waals surface area contributed by atoms with Gasteiger partial charge in [-0.2, -0.15) is 8.78 Å². The molecule has 0 radical (unpaired) electrons. The van der Waals surface area contributed by atoms with Crippen molar-refractivity contribution in [1.82, 2.24) is 0 Å². The summed E-state index contributed by atoms with van der Waals surface area (Å²) in [5, 5.41) is 10.8. The van der Waals surface area contributed by atoms with Gasteiger partial charge in [0.15, 0.2) is 0 Å². The summed E-state index contributed by atoms with van der Waals surface area (Å²) in [6.45, 7) is 2.40. The second-order valence-corrected chi connectivity index (χ2v) is 6.38. The van der Waals surface area contributed by atoms with Crippen LogP contribution in [0.25, 0.3) is 10.8 Å². The monoisotopic (exact) mass is 356 g/mol. The van der Waals surface area contributed by atoms with Crippen molar-refractivity contribution in [1.29, 1.82) is 0 Å². The number of fused-ring (bicyclic) bond motifs is 3. The van der Waals surface area contributed by atoms with Crippen LogP contribution in [-0.2, 0) is 6.42 Å². The van der Waals surface area contributed by atoms with Gasteiger partial charge in [0.05, 0.1) is 12.5 Å². The molecule has 0 saturated carbocycles.